The first-order chi connectivity index (χ1) is 14.9. The molecule has 0 unspecified atom stereocenters. The van der Waals surface area contributed by atoms with Crippen LogP contribution in [0.15, 0.2) is 39.9 Å². The molecule has 0 radical (unpaired) electrons. The highest BCUT2D eigenvalue weighted by atomic mass is 19.4. The van der Waals surface area contributed by atoms with Gasteiger partial charge in [0.2, 0.25) is 5.89 Å². The van der Waals surface area contributed by atoms with Gasteiger partial charge in [0.1, 0.15) is 6.33 Å². The van der Waals surface area contributed by atoms with E-state index in [0.717, 1.165) is 33.9 Å². The molecule has 4 aromatic rings. The highest BCUT2D eigenvalue weighted by molar-refractivity contribution is 5.70. The molecule has 3 heterocycles. The third-order valence-corrected chi connectivity index (χ3v) is 5.11. The van der Waals surface area contributed by atoms with Crippen molar-refractivity contribution in [3.8, 4) is 22.9 Å². The summed E-state index contributed by atoms with van der Waals surface area (Å²) in [6.07, 6.45) is 1.11. The number of alkyl halides is 3. The van der Waals surface area contributed by atoms with Gasteiger partial charge in [-0.25, -0.2) is 19.2 Å². The van der Waals surface area contributed by atoms with Crippen molar-refractivity contribution in [1.29, 1.82) is 0 Å². The Bertz CT molecular complexity index is 1320. The van der Waals surface area contributed by atoms with Crippen LogP contribution >= 0.6 is 0 Å². The average Bonchev–Trinajstić information content (AvgIpc) is 3.47. The number of rotatable bonds is 5. The quantitative estimate of drug-likeness (QED) is 0.478. The maximum Gasteiger partial charge on any atom is 0.522 e. The second kappa shape index (κ2) is 7.30. The van der Waals surface area contributed by atoms with E-state index in [9.17, 15) is 18.0 Å². The number of benzene rings is 1. The van der Waals surface area contributed by atoms with Crippen LogP contribution in [0.25, 0.3) is 28.6 Å². The van der Waals surface area contributed by atoms with Crippen LogP contribution < -0.4 is 5.69 Å². The van der Waals surface area contributed by atoms with Gasteiger partial charge in [0.15, 0.2) is 17.1 Å². The smallest absolute Gasteiger partial charge is 0.435 e. The van der Waals surface area contributed by atoms with Crippen LogP contribution in [0.2, 0.25) is 0 Å². The molecule has 5 rings (SSSR count). The fourth-order valence-electron chi connectivity index (χ4n) is 3.73. The van der Waals surface area contributed by atoms with Gasteiger partial charge in [0.25, 0.3) is 0 Å². The number of hydrogen-bond donors (Lipinski definition) is 0. The van der Waals surface area contributed by atoms with E-state index in [2.05, 4.69) is 31.1 Å². The predicted octanol–water partition coefficient (Wildman–Crippen LogP) is 2.63. The zero-order valence-corrected chi connectivity index (χ0v) is 16.0. The van der Waals surface area contributed by atoms with Gasteiger partial charge < -0.3 is 4.42 Å². The van der Waals surface area contributed by atoms with E-state index >= 15 is 0 Å². The highest BCUT2D eigenvalue weighted by Crippen LogP contribution is 2.34. The molecule has 0 saturated heterocycles. The van der Waals surface area contributed by atoms with E-state index in [1.165, 1.54) is 17.5 Å². The van der Waals surface area contributed by atoms with Crippen LogP contribution in [-0.2, 0) is 24.1 Å². The lowest BCUT2D eigenvalue weighted by Gasteiger charge is -2.07. The summed E-state index contributed by atoms with van der Waals surface area (Å²) in [5.74, 6) is 0.750. The summed E-state index contributed by atoms with van der Waals surface area (Å²) < 4.78 is 47.8. The van der Waals surface area contributed by atoms with Crippen molar-refractivity contribution in [3.63, 3.8) is 0 Å². The standard InChI is InChI=1S/C19H15F3N6O3/c20-19(21,22)30-8-7-28-18(29)27-10-24-15(16(27)25-26-28)17-23-9-14(31-17)13-6-2-4-11-3-1-5-12(11)13/h2,4,6,9-10H,1,3,5,7-8H2. The van der Waals surface area contributed by atoms with Gasteiger partial charge in [-0.15, -0.1) is 18.3 Å². The van der Waals surface area contributed by atoms with Gasteiger partial charge in [0.05, 0.1) is 19.3 Å². The topological polar surface area (TPSA) is 100 Å². The highest BCUT2D eigenvalue weighted by Gasteiger charge is 2.29. The summed E-state index contributed by atoms with van der Waals surface area (Å²) in [4.78, 5) is 20.9. The van der Waals surface area contributed by atoms with E-state index in [4.69, 9.17) is 4.42 Å². The molecule has 31 heavy (non-hydrogen) atoms. The van der Waals surface area contributed by atoms with Crippen LogP contribution in [0.5, 0.6) is 0 Å². The van der Waals surface area contributed by atoms with Crippen LogP contribution in [-0.4, -0.2) is 42.3 Å². The number of aryl methyl sites for hydroxylation is 1. The average molecular weight is 432 g/mol. The first-order valence-electron chi connectivity index (χ1n) is 9.49. The van der Waals surface area contributed by atoms with Crippen LogP contribution in [0.3, 0.4) is 0 Å². The molecule has 0 spiro atoms. The fourth-order valence-corrected chi connectivity index (χ4v) is 3.73. The molecule has 0 amide bonds. The van der Waals surface area contributed by atoms with E-state index in [1.54, 1.807) is 6.20 Å². The Morgan fingerprint density at radius 2 is 2.06 bits per heavy atom. The fraction of sp³-hybridized carbons (Fsp3) is 0.316. The van der Waals surface area contributed by atoms with Crippen LogP contribution in [0, 0.1) is 0 Å². The molecule has 160 valence electrons. The van der Waals surface area contributed by atoms with Crippen molar-refractivity contribution < 1.29 is 22.3 Å². The van der Waals surface area contributed by atoms with Crippen LogP contribution in [0.4, 0.5) is 13.2 Å². The number of oxazole rings is 1. The Labute approximate surface area is 172 Å². The van der Waals surface area contributed by atoms with Crippen molar-refractivity contribution in [1.82, 2.24) is 29.4 Å². The molecular formula is C19H15F3N6O3. The van der Waals surface area contributed by atoms with Gasteiger partial charge in [-0.05, 0) is 30.4 Å². The zero-order chi connectivity index (χ0) is 21.6. The van der Waals surface area contributed by atoms with E-state index in [1.807, 2.05) is 12.1 Å². The summed E-state index contributed by atoms with van der Waals surface area (Å²) in [5.41, 5.74) is 3.09. The van der Waals surface area contributed by atoms with Gasteiger partial charge >= 0.3 is 12.1 Å². The lowest BCUT2D eigenvalue weighted by atomic mass is 10.0. The number of hydrogen-bond acceptors (Lipinski definition) is 7. The summed E-state index contributed by atoms with van der Waals surface area (Å²) in [7, 11) is 0. The molecule has 0 bridgehead atoms. The van der Waals surface area contributed by atoms with Crippen molar-refractivity contribution in [2.24, 2.45) is 0 Å². The molecule has 1 aliphatic carbocycles. The summed E-state index contributed by atoms with van der Waals surface area (Å²) in [5, 5.41) is 7.58. The Balaban J connectivity index is 1.45. The number of ether oxygens (including phenoxy) is 1. The van der Waals surface area contributed by atoms with E-state index in [0.29, 0.717) is 5.76 Å². The van der Waals surface area contributed by atoms with Gasteiger partial charge in [-0.3, -0.25) is 4.74 Å². The maximum atomic E-state index is 12.5. The Morgan fingerprint density at radius 3 is 2.90 bits per heavy atom. The lowest BCUT2D eigenvalue weighted by Crippen LogP contribution is -2.32. The molecule has 0 atom stereocenters. The zero-order valence-electron chi connectivity index (χ0n) is 16.0. The third kappa shape index (κ3) is 3.58. The largest absolute Gasteiger partial charge is 0.522 e. The minimum Gasteiger partial charge on any atom is -0.435 e. The lowest BCUT2D eigenvalue weighted by molar-refractivity contribution is -0.325. The van der Waals surface area contributed by atoms with Crippen molar-refractivity contribution in [2.45, 2.75) is 32.2 Å². The summed E-state index contributed by atoms with van der Waals surface area (Å²) >= 11 is 0. The number of aromatic nitrogens is 6. The van der Waals surface area contributed by atoms with Gasteiger partial charge in [-0.1, -0.05) is 23.4 Å². The van der Waals surface area contributed by atoms with E-state index < -0.39 is 25.2 Å². The van der Waals surface area contributed by atoms with Crippen molar-refractivity contribution in [3.05, 3.63) is 52.3 Å². The molecule has 1 aliphatic rings. The molecule has 12 heteroatoms. The van der Waals surface area contributed by atoms with Crippen molar-refractivity contribution >= 4 is 5.65 Å². The molecule has 0 saturated carbocycles. The van der Waals surface area contributed by atoms with Gasteiger partial charge in [0, 0.05) is 5.56 Å². The molecule has 1 aromatic carbocycles. The molecule has 3 aromatic heterocycles. The number of nitrogens with zero attached hydrogens (tertiary/aromatic N) is 6. The van der Waals surface area contributed by atoms with Crippen LogP contribution in [0.1, 0.15) is 17.5 Å². The Hall–Kier alpha value is -3.54. The second-order valence-electron chi connectivity index (χ2n) is 7.00. The number of fused-ring (bicyclic) bond motifs is 2. The molecule has 0 aliphatic heterocycles. The number of halogens is 3. The first kappa shape index (κ1) is 19.4. The Morgan fingerprint density at radius 1 is 1.19 bits per heavy atom. The molecular weight excluding hydrogens is 417 g/mol. The minimum absolute atomic E-state index is 0.0877. The molecule has 0 fully saturated rings. The van der Waals surface area contributed by atoms with Gasteiger partial charge in [-0.2, -0.15) is 4.68 Å². The van der Waals surface area contributed by atoms with E-state index in [-0.39, 0.29) is 17.2 Å². The Kier molecular flexibility index (Phi) is 4.58. The monoisotopic (exact) mass is 432 g/mol. The first-order valence-corrected chi connectivity index (χ1v) is 9.49. The SMILES string of the molecule is O=c1n(CCOC(F)(F)F)nnc2c(-c3ncc(-c4cccc5c4CCC5)o3)ncn12. The van der Waals surface area contributed by atoms with Crippen molar-refractivity contribution in [2.75, 3.05) is 6.61 Å². The summed E-state index contributed by atoms with van der Waals surface area (Å²) in [6, 6.07) is 6.05. The normalized spacial score (nSPS) is 13.8. The summed E-state index contributed by atoms with van der Waals surface area (Å²) in [6.45, 7) is -1.19. The maximum absolute atomic E-state index is 12.5. The minimum atomic E-state index is -4.79. The molecule has 9 nitrogen and oxygen atoms in total. The third-order valence-electron chi connectivity index (χ3n) is 5.11. The second-order valence-corrected chi connectivity index (χ2v) is 7.00. The molecule has 0 N–H and O–H groups in total. The predicted molar refractivity (Wildman–Crippen MR) is 100 cm³/mol. The number of imidazole rings is 1.